The molecule has 44 heavy (non-hydrogen) atoms. The Morgan fingerprint density at radius 2 is 0.977 bits per heavy atom. The Hall–Kier alpha value is -2.75. The summed E-state index contributed by atoms with van der Waals surface area (Å²) >= 11 is 7.87. The first-order valence-electron chi connectivity index (χ1n) is 14.9. The van der Waals surface area contributed by atoms with Crippen molar-refractivity contribution in [2.45, 2.75) is 11.8 Å². The Bertz CT molecular complexity index is 2330. The van der Waals surface area contributed by atoms with E-state index in [0.29, 0.717) is 0 Å². The third-order valence-electron chi connectivity index (χ3n) is 9.92. The van der Waals surface area contributed by atoms with Crippen molar-refractivity contribution in [3.8, 4) is 55.6 Å². The highest BCUT2D eigenvalue weighted by molar-refractivity contribution is 14.3. The second-order valence-electron chi connectivity index (χ2n) is 12.1. The first-order valence-corrected chi connectivity index (χ1v) is 18.1. The normalized spacial score (nSPS) is 16.3. The van der Waals surface area contributed by atoms with Crippen LogP contribution in [0.1, 0.15) is 18.1 Å². The van der Waals surface area contributed by atoms with Gasteiger partial charge < -0.3 is 0 Å². The zero-order chi connectivity index (χ0) is 29.8. The van der Waals surface area contributed by atoms with Gasteiger partial charge in [-0.05, 0) is 101 Å². The van der Waals surface area contributed by atoms with E-state index in [9.17, 15) is 0 Å². The van der Waals surface area contributed by atoms with Crippen LogP contribution in [0.4, 0.5) is 0 Å². The van der Waals surface area contributed by atoms with E-state index in [1.807, 2.05) is 0 Å². The maximum absolute atomic E-state index is 2.62. The van der Waals surface area contributed by atoms with Gasteiger partial charge in [-0.3, -0.25) is 0 Å². The summed E-state index contributed by atoms with van der Waals surface area (Å²) in [5.74, 6) is 0. The molecule has 0 radical (unpaired) electrons. The monoisotopic (exact) mass is 898 g/mol. The topological polar surface area (TPSA) is 0 Å². The summed E-state index contributed by atoms with van der Waals surface area (Å²) in [5, 5.41) is 5.34. The molecule has 7 aromatic carbocycles. The van der Waals surface area contributed by atoms with Crippen molar-refractivity contribution < 1.29 is 0 Å². The number of benzene rings is 7. The molecule has 0 saturated carbocycles. The molecule has 0 nitrogen and oxygen atoms in total. The van der Waals surface area contributed by atoms with Crippen molar-refractivity contribution in [1.29, 1.82) is 0 Å². The van der Waals surface area contributed by atoms with Crippen LogP contribution in [-0.2, 0) is 5.41 Å². The van der Waals surface area contributed by atoms with Crippen LogP contribution in [0.5, 0.6) is 0 Å². The molecule has 210 valence electrons. The molecule has 0 saturated heterocycles. The van der Waals surface area contributed by atoms with Gasteiger partial charge in [0.15, 0.2) is 0 Å². The maximum atomic E-state index is 2.62. The first-order chi connectivity index (χ1) is 21.4. The average Bonchev–Trinajstić information content (AvgIpc) is 3.53. The van der Waals surface area contributed by atoms with E-state index in [2.05, 4.69) is 208 Å². The predicted molar refractivity (Wildman–Crippen MR) is 213 cm³/mol. The van der Waals surface area contributed by atoms with Gasteiger partial charge in [0.05, 0.1) is 5.41 Å². The molecule has 0 amide bonds. The smallest absolute Gasteiger partial charge is 0.0619 e. The minimum absolute atomic E-state index is 0.0133. The molecule has 3 heteroatoms. The summed E-state index contributed by atoms with van der Waals surface area (Å²) in [4.78, 5) is 0. The molecule has 2 aliphatic rings. The van der Waals surface area contributed by atoms with Gasteiger partial charge in [-0.2, -0.15) is 0 Å². The van der Waals surface area contributed by atoms with Gasteiger partial charge in [0.25, 0.3) is 0 Å². The quantitative estimate of drug-likeness (QED) is 0.0942. The third-order valence-corrected chi connectivity index (χ3v) is 13.2. The van der Waals surface area contributed by atoms with Crippen LogP contribution >= 0.6 is 67.8 Å². The van der Waals surface area contributed by atoms with Gasteiger partial charge in [0, 0.05) is 0 Å². The summed E-state index contributed by atoms with van der Waals surface area (Å²) in [6, 6.07) is 50.0. The zero-order valence-corrected chi connectivity index (χ0v) is 30.3. The van der Waals surface area contributed by atoms with Crippen LogP contribution in [-0.4, -0.2) is -0.565 Å². The highest BCUT2D eigenvalue weighted by Gasteiger charge is 2.51. The highest BCUT2D eigenvalue weighted by Crippen LogP contribution is 2.62. The fourth-order valence-corrected chi connectivity index (χ4v) is 9.53. The lowest BCUT2D eigenvalue weighted by molar-refractivity contribution is 0.661. The summed E-state index contributed by atoms with van der Waals surface area (Å²) in [7, 11) is 0. The fourth-order valence-electron chi connectivity index (χ4n) is 7.79. The Kier molecular flexibility index (Phi) is 6.18. The van der Waals surface area contributed by atoms with Crippen molar-refractivity contribution in [3.63, 3.8) is 0 Å². The van der Waals surface area contributed by atoms with Crippen LogP contribution in [0, 0.1) is 0 Å². The van der Waals surface area contributed by atoms with E-state index in [1.165, 1.54) is 88.3 Å². The number of hydrogen-bond acceptors (Lipinski definition) is 0. The van der Waals surface area contributed by atoms with E-state index in [4.69, 9.17) is 0 Å². The van der Waals surface area contributed by atoms with Crippen LogP contribution in [0.2, 0.25) is 0 Å². The van der Waals surface area contributed by atoms with E-state index < -0.39 is 0 Å². The van der Waals surface area contributed by atoms with Crippen LogP contribution in [0.15, 0.2) is 133 Å². The van der Waals surface area contributed by atoms with E-state index >= 15 is 0 Å². The number of alkyl halides is 3. The fraction of sp³-hybridized carbons (Fsp3) is 0.0732. The molecule has 7 aromatic rings. The number of hydrogen-bond donors (Lipinski definition) is 0. The minimum atomic E-state index is -0.0995. The van der Waals surface area contributed by atoms with Crippen molar-refractivity contribution in [2.24, 2.45) is 0 Å². The largest absolute Gasteiger partial charge is 0.137 e. The summed E-state index contributed by atoms with van der Waals surface area (Å²) < 4.78 is -0.0133. The molecule has 9 rings (SSSR count). The molecule has 0 spiro atoms. The van der Waals surface area contributed by atoms with Crippen molar-refractivity contribution in [2.75, 3.05) is 0 Å². The Balaban J connectivity index is 1.21. The Morgan fingerprint density at radius 1 is 0.432 bits per heavy atom. The highest BCUT2D eigenvalue weighted by atomic mass is 127. The lowest BCUT2D eigenvalue weighted by atomic mass is 9.81. The number of halogens is 3. The molecule has 1 atom stereocenters. The van der Waals surface area contributed by atoms with Gasteiger partial charge in [-0.1, -0.05) is 195 Å². The van der Waals surface area contributed by atoms with Crippen LogP contribution in [0.3, 0.4) is 0 Å². The molecule has 0 fully saturated rings. The third kappa shape index (κ3) is 3.72. The standard InChI is InChI=1S/C41H25I3/c1-40(41(42,43)44)35-16-7-6-10-28(35)29-22-21-26(23-36(29)40)24-17-19-25(20-18-24)37-32-12-4-5-13-33(32)38-30-11-3-2-9-27(30)31-14-8-15-34(37)39(31)38/h2-23H,1H3. The van der Waals surface area contributed by atoms with Crippen molar-refractivity contribution >= 4 is 89.3 Å². The first kappa shape index (κ1) is 27.6. The summed E-state index contributed by atoms with van der Waals surface area (Å²) in [6.07, 6.45) is 0. The molecular formula is C41H25I3. The SMILES string of the molecule is CC1(C(I)(I)I)c2ccccc2-c2ccc(-c3ccc(-c4c5ccccc5c5c6c(cccc46)-c4ccccc4-5)cc3)cc21. The Labute approximate surface area is 298 Å². The van der Waals surface area contributed by atoms with Gasteiger partial charge in [0.1, 0.15) is -0.565 Å². The second kappa shape index (κ2) is 9.87. The van der Waals surface area contributed by atoms with E-state index in [-0.39, 0.29) is 4.85 Å². The number of fused-ring (bicyclic) bond motifs is 8. The molecule has 2 aliphatic carbocycles. The molecule has 0 aliphatic heterocycles. The summed E-state index contributed by atoms with van der Waals surface area (Å²) in [6.45, 7) is 2.41. The summed E-state index contributed by atoms with van der Waals surface area (Å²) in [5.41, 5.74) is 16.0. The zero-order valence-electron chi connectivity index (χ0n) is 23.8. The van der Waals surface area contributed by atoms with Crippen molar-refractivity contribution in [1.82, 2.24) is 0 Å². The van der Waals surface area contributed by atoms with Crippen molar-refractivity contribution in [3.05, 3.63) is 145 Å². The number of rotatable bonds is 3. The van der Waals surface area contributed by atoms with E-state index in [0.717, 1.165) is 0 Å². The lowest BCUT2D eigenvalue weighted by Gasteiger charge is -2.36. The minimum Gasteiger partial charge on any atom is -0.0619 e. The van der Waals surface area contributed by atoms with Gasteiger partial charge in [0.2, 0.25) is 0 Å². The lowest BCUT2D eigenvalue weighted by Crippen LogP contribution is -2.34. The molecular weight excluding hydrogens is 873 g/mol. The Morgan fingerprint density at radius 3 is 1.73 bits per heavy atom. The molecule has 0 bridgehead atoms. The molecule has 0 heterocycles. The van der Waals surface area contributed by atoms with Crippen LogP contribution < -0.4 is 0 Å². The van der Waals surface area contributed by atoms with Gasteiger partial charge >= 0.3 is 0 Å². The van der Waals surface area contributed by atoms with E-state index in [1.54, 1.807) is 0 Å². The predicted octanol–water partition coefficient (Wildman–Crippen LogP) is 13.2. The van der Waals surface area contributed by atoms with Gasteiger partial charge in [-0.15, -0.1) is 0 Å². The molecule has 0 aromatic heterocycles. The van der Waals surface area contributed by atoms with Crippen LogP contribution in [0.25, 0.3) is 77.2 Å². The second-order valence-corrected chi connectivity index (χ2v) is 23.1. The molecule has 1 unspecified atom stereocenters. The average molecular weight is 898 g/mol. The maximum Gasteiger partial charge on any atom is 0.137 e. The van der Waals surface area contributed by atoms with Gasteiger partial charge in [-0.25, -0.2) is 0 Å². The molecule has 0 N–H and O–H groups in total.